The van der Waals surface area contributed by atoms with Crippen molar-refractivity contribution in [1.29, 1.82) is 0 Å². The Hall–Kier alpha value is -0.570. The third-order valence-corrected chi connectivity index (χ3v) is 2.80. The average molecular weight is 242 g/mol. The summed E-state index contributed by atoms with van der Waals surface area (Å²) in [5.41, 5.74) is 2.47. The van der Waals surface area contributed by atoms with Crippen LogP contribution in [0.15, 0.2) is 18.2 Å². The van der Waals surface area contributed by atoms with Crippen molar-refractivity contribution in [3.8, 4) is 0 Å². The van der Waals surface area contributed by atoms with Gasteiger partial charge in [0, 0.05) is 24.2 Å². The van der Waals surface area contributed by atoms with Gasteiger partial charge < -0.3 is 10.1 Å². The first-order valence-corrected chi connectivity index (χ1v) is 5.81. The molecule has 0 aliphatic rings. The summed E-state index contributed by atoms with van der Waals surface area (Å²) in [7, 11) is 1.72. The summed E-state index contributed by atoms with van der Waals surface area (Å²) in [6.45, 7) is 7.86. The first kappa shape index (κ1) is 13.5. The summed E-state index contributed by atoms with van der Waals surface area (Å²) in [5, 5.41) is 4.26. The zero-order valence-electron chi connectivity index (χ0n) is 10.4. The first-order valence-electron chi connectivity index (χ1n) is 5.43. The Morgan fingerprint density at radius 3 is 2.62 bits per heavy atom. The van der Waals surface area contributed by atoms with Crippen molar-refractivity contribution in [1.82, 2.24) is 5.32 Å². The van der Waals surface area contributed by atoms with Gasteiger partial charge in [0.1, 0.15) is 0 Å². The number of hydrogen-bond donors (Lipinski definition) is 1. The van der Waals surface area contributed by atoms with E-state index in [1.165, 1.54) is 11.1 Å². The lowest BCUT2D eigenvalue weighted by atomic mass is 10.0. The molecule has 1 N–H and O–H groups in total. The molecule has 0 bridgehead atoms. The standard InChI is InChI=1S/C13H20ClNO/c1-10-7-12(14)6-5-11(10)8-15-13(2,3)9-16-4/h5-7,15H,8-9H2,1-4H3. The molecular formula is C13H20ClNO. The summed E-state index contributed by atoms with van der Waals surface area (Å²) < 4.78 is 5.16. The lowest BCUT2D eigenvalue weighted by molar-refractivity contribution is 0.127. The molecule has 0 aliphatic heterocycles. The maximum atomic E-state index is 5.92. The normalized spacial score (nSPS) is 11.8. The topological polar surface area (TPSA) is 21.3 Å². The van der Waals surface area contributed by atoms with E-state index in [1.54, 1.807) is 7.11 Å². The molecule has 2 nitrogen and oxygen atoms in total. The van der Waals surface area contributed by atoms with Gasteiger partial charge in [0.2, 0.25) is 0 Å². The Labute approximate surface area is 103 Å². The van der Waals surface area contributed by atoms with E-state index in [9.17, 15) is 0 Å². The fourth-order valence-electron chi connectivity index (χ4n) is 1.60. The second-order valence-corrected chi connectivity index (χ2v) is 5.18. The van der Waals surface area contributed by atoms with Crippen molar-refractivity contribution in [2.45, 2.75) is 32.9 Å². The van der Waals surface area contributed by atoms with Crippen LogP contribution in [0.5, 0.6) is 0 Å². The van der Waals surface area contributed by atoms with Crippen LogP contribution < -0.4 is 5.32 Å². The van der Waals surface area contributed by atoms with Crippen LogP contribution >= 0.6 is 11.6 Å². The summed E-state index contributed by atoms with van der Waals surface area (Å²) >= 11 is 5.92. The van der Waals surface area contributed by atoms with Gasteiger partial charge in [0.05, 0.1) is 6.61 Å². The number of nitrogens with one attached hydrogen (secondary N) is 1. The minimum atomic E-state index is -0.0131. The van der Waals surface area contributed by atoms with Gasteiger partial charge in [0.15, 0.2) is 0 Å². The Morgan fingerprint density at radius 2 is 2.06 bits per heavy atom. The Kier molecular flexibility index (Phi) is 4.78. The highest BCUT2D eigenvalue weighted by Crippen LogP contribution is 2.16. The molecule has 0 radical (unpaired) electrons. The monoisotopic (exact) mass is 241 g/mol. The van der Waals surface area contributed by atoms with Crippen LogP contribution in [-0.4, -0.2) is 19.3 Å². The second kappa shape index (κ2) is 5.67. The van der Waals surface area contributed by atoms with E-state index in [0.717, 1.165) is 11.6 Å². The lowest BCUT2D eigenvalue weighted by Crippen LogP contribution is -2.42. The molecule has 1 aromatic carbocycles. The highest BCUT2D eigenvalue weighted by Gasteiger charge is 2.16. The zero-order valence-corrected chi connectivity index (χ0v) is 11.2. The van der Waals surface area contributed by atoms with Crippen molar-refractivity contribution in [2.75, 3.05) is 13.7 Å². The highest BCUT2D eigenvalue weighted by atomic mass is 35.5. The van der Waals surface area contributed by atoms with E-state index in [4.69, 9.17) is 16.3 Å². The third kappa shape index (κ3) is 4.12. The van der Waals surface area contributed by atoms with E-state index in [0.29, 0.717) is 6.61 Å². The van der Waals surface area contributed by atoms with Crippen molar-refractivity contribution in [3.63, 3.8) is 0 Å². The summed E-state index contributed by atoms with van der Waals surface area (Å²) in [6, 6.07) is 5.98. The molecule has 0 fully saturated rings. The predicted molar refractivity (Wildman–Crippen MR) is 69.0 cm³/mol. The molecule has 0 saturated heterocycles. The molecule has 1 aromatic rings. The van der Waals surface area contributed by atoms with E-state index < -0.39 is 0 Å². The van der Waals surface area contributed by atoms with Crippen molar-refractivity contribution < 1.29 is 4.74 Å². The summed E-state index contributed by atoms with van der Waals surface area (Å²) in [6.07, 6.45) is 0. The van der Waals surface area contributed by atoms with Gasteiger partial charge in [0.25, 0.3) is 0 Å². The number of methoxy groups -OCH3 is 1. The second-order valence-electron chi connectivity index (χ2n) is 4.74. The Balaban J connectivity index is 2.61. The molecule has 3 heteroatoms. The van der Waals surface area contributed by atoms with Crippen molar-refractivity contribution in [3.05, 3.63) is 34.3 Å². The minimum Gasteiger partial charge on any atom is -0.383 e. The van der Waals surface area contributed by atoms with Gasteiger partial charge >= 0.3 is 0 Å². The molecule has 0 atom stereocenters. The molecule has 0 saturated carbocycles. The number of rotatable bonds is 5. The fraction of sp³-hybridized carbons (Fsp3) is 0.538. The third-order valence-electron chi connectivity index (χ3n) is 2.57. The van der Waals surface area contributed by atoms with Crippen LogP contribution in [-0.2, 0) is 11.3 Å². The number of hydrogen-bond acceptors (Lipinski definition) is 2. The van der Waals surface area contributed by atoms with Gasteiger partial charge in [-0.2, -0.15) is 0 Å². The van der Waals surface area contributed by atoms with Gasteiger partial charge in [-0.05, 0) is 44.0 Å². The average Bonchev–Trinajstić information content (AvgIpc) is 2.16. The minimum absolute atomic E-state index is 0.0131. The number of benzene rings is 1. The van der Waals surface area contributed by atoms with E-state index in [-0.39, 0.29) is 5.54 Å². The first-order chi connectivity index (χ1) is 7.44. The van der Waals surface area contributed by atoms with E-state index in [2.05, 4.69) is 32.2 Å². The van der Waals surface area contributed by atoms with Crippen LogP contribution in [0.1, 0.15) is 25.0 Å². The molecular weight excluding hydrogens is 222 g/mol. The molecule has 0 heterocycles. The Morgan fingerprint density at radius 1 is 1.38 bits per heavy atom. The Bertz CT molecular complexity index is 350. The summed E-state index contributed by atoms with van der Waals surface area (Å²) in [5.74, 6) is 0. The number of halogens is 1. The van der Waals surface area contributed by atoms with Gasteiger partial charge in [-0.3, -0.25) is 0 Å². The van der Waals surface area contributed by atoms with Crippen LogP contribution in [0.2, 0.25) is 5.02 Å². The van der Waals surface area contributed by atoms with Crippen LogP contribution in [0.4, 0.5) is 0 Å². The fourth-order valence-corrected chi connectivity index (χ4v) is 1.83. The maximum absolute atomic E-state index is 5.92. The quantitative estimate of drug-likeness (QED) is 0.855. The number of aryl methyl sites for hydroxylation is 1. The molecule has 0 amide bonds. The molecule has 1 rings (SSSR count). The maximum Gasteiger partial charge on any atom is 0.0639 e. The lowest BCUT2D eigenvalue weighted by Gasteiger charge is -2.25. The predicted octanol–water partition coefficient (Wildman–Crippen LogP) is 3.16. The van der Waals surface area contributed by atoms with Crippen LogP contribution in [0, 0.1) is 6.92 Å². The number of ether oxygens (including phenoxy) is 1. The zero-order chi connectivity index (χ0) is 12.2. The van der Waals surface area contributed by atoms with Gasteiger partial charge in [-0.25, -0.2) is 0 Å². The molecule has 0 spiro atoms. The molecule has 0 aromatic heterocycles. The van der Waals surface area contributed by atoms with Crippen LogP contribution in [0.25, 0.3) is 0 Å². The largest absolute Gasteiger partial charge is 0.383 e. The van der Waals surface area contributed by atoms with E-state index >= 15 is 0 Å². The summed E-state index contributed by atoms with van der Waals surface area (Å²) in [4.78, 5) is 0. The van der Waals surface area contributed by atoms with Crippen LogP contribution in [0.3, 0.4) is 0 Å². The molecule has 90 valence electrons. The highest BCUT2D eigenvalue weighted by molar-refractivity contribution is 6.30. The molecule has 0 aliphatic carbocycles. The smallest absolute Gasteiger partial charge is 0.0639 e. The van der Waals surface area contributed by atoms with Gasteiger partial charge in [-0.1, -0.05) is 17.7 Å². The SMILES string of the molecule is COCC(C)(C)NCc1ccc(Cl)cc1C. The molecule has 0 unspecified atom stereocenters. The van der Waals surface area contributed by atoms with Crippen molar-refractivity contribution in [2.24, 2.45) is 0 Å². The van der Waals surface area contributed by atoms with Gasteiger partial charge in [-0.15, -0.1) is 0 Å². The van der Waals surface area contributed by atoms with E-state index in [1.807, 2.05) is 12.1 Å². The van der Waals surface area contributed by atoms with Crippen molar-refractivity contribution >= 4 is 11.6 Å². The molecule has 16 heavy (non-hydrogen) atoms.